The molecule has 136 valence electrons. The molecule has 1 N–H and O–H groups in total. The van der Waals surface area contributed by atoms with Crippen molar-refractivity contribution in [2.45, 2.75) is 18.9 Å². The van der Waals surface area contributed by atoms with Crippen molar-refractivity contribution in [2.75, 3.05) is 5.32 Å². The van der Waals surface area contributed by atoms with Gasteiger partial charge in [-0.1, -0.05) is 23.7 Å². The van der Waals surface area contributed by atoms with Gasteiger partial charge in [0, 0.05) is 22.3 Å². The summed E-state index contributed by atoms with van der Waals surface area (Å²) in [6.45, 7) is 0. The Kier molecular flexibility index (Phi) is 4.28. The van der Waals surface area contributed by atoms with Gasteiger partial charge in [0.2, 0.25) is 0 Å². The van der Waals surface area contributed by atoms with E-state index in [9.17, 15) is 14.9 Å². The van der Waals surface area contributed by atoms with E-state index in [1.165, 1.54) is 18.2 Å². The number of nitro benzene ring substituents is 1. The Balaban J connectivity index is 1.62. The fourth-order valence-corrected chi connectivity index (χ4v) is 2.90. The summed E-state index contributed by atoms with van der Waals surface area (Å²) in [5, 5.41) is 25.9. The molecule has 10 heteroatoms. The van der Waals surface area contributed by atoms with Crippen LogP contribution in [0.5, 0.6) is 0 Å². The van der Waals surface area contributed by atoms with Crippen molar-refractivity contribution in [3.8, 4) is 11.4 Å². The number of hydrogen-bond donors (Lipinski definition) is 1. The zero-order valence-electron chi connectivity index (χ0n) is 13.9. The van der Waals surface area contributed by atoms with E-state index >= 15 is 0 Å². The fraction of sp³-hybridized carbons (Fsp3) is 0.176. The van der Waals surface area contributed by atoms with Gasteiger partial charge in [0.25, 0.3) is 11.6 Å². The summed E-state index contributed by atoms with van der Waals surface area (Å²) in [5.74, 6) is -0.00882. The summed E-state index contributed by atoms with van der Waals surface area (Å²) in [6.07, 6.45) is 2.07. The average Bonchev–Trinajstić information content (AvgIpc) is 3.38. The molecule has 27 heavy (non-hydrogen) atoms. The van der Waals surface area contributed by atoms with E-state index < -0.39 is 10.8 Å². The standard InChI is InChI=1S/C17H13ClN6O3/c18-11-4-7-15(24(26)27)14(9-11)17(25)19-12-3-1-2-10(8-12)16-20-21-22-23(16)13-5-6-13/h1-4,7-9,13H,5-6H2,(H,19,25). The first-order chi connectivity index (χ1) is 13.0. The van der Waals surface area contributed by atoms with E-state index in [0.717, 1.165) is 18.4 Å². The van der Waals surface area contributed by atoms with Crippen LogP contribution < -0.4 is 5.32 Å². The molecule has 1 amide bonds. The van der Waals surface area contributed by atoms with E-state index in [1.807, 2.05) is 6.07 Å². The molecule has 0 bridgehead atoms. The summed E-state index contributed by atoms with van der Waals surface area (Å²) in [5.41, 5.74) is 0.786. The van der Waals surface area contributed by atoms with Crippen molar-refractivity contribution < 1.29 is 9.72 Å². The van der Waals surface area contributed by atoms with Gasteiger partial charge in [-0.25, -0.2) is 4.68 Å². The number of hydrogen-bond acceptors (Lipinski definition) is 6. The van der Waals surface area contributed by atoms with Gasteiger partial charge in [-0.3, -0.25) is 14.9 Å². The van der Waals surface area contributed by atoms with Crippen LogP contribution in [-0.4, -0.2) is 31.0 Å². The number of rotatable bonds is 5. The lowest BCUT2D eigenvalue weighted by Crippen LogP contribution is -2.14. The lowest BCUT2D eigenvalue weighted by Gasteiger charge is -2.08. The van der Waals surface area contributed by atoms with E-state index in [-0.39, 0.29) is 16.3 Å². The molecule has 0 radical (unpaired) electrons. The van der Waals surface area contributed by atoms with Gasteiger partial charge in [0.05, 0.1) is 11.0 Å². The van der Waals surface area contributed by atoms with Gasteiger partial charge in [-0.15, -0.1) is 5.10 Å². The highest BCUT2D eigenvalue weighted by molar-refractivity contribution is 6.31. The molecule has 3 aromatic rings. The first-order valence-electron chi connectivity index (χ1n) is 8.16. The Morgan fingerprint density at radius 2 is 2.07 bits per heavy atom. The Morgan fingerprint density at radius 1 is 1.26 bits per heavy atom. The highest BCUT2D eigenvalue weighted by atomic mass is 35.5. The van der Waals surface area contributed by atoms with E-state index in [2.05, 4.69) is 20.8 Å². The Bertz CT molecular complexity index is 1050. The second kappa shape index (κ2) is 6.76. The van der Waals surface area contributed by atoms with Crippen LogP contribution in [0.25, 0.3) is 11.4 Å². The van der Waals surface area contributed by atoms with E-state index in [1.54, 1.807) is 22.9 Å². The molecule has 1 fully saturated rings. The van der Waals surface area contributed by atoms with E-state index in [0.29, 0.717) is 17.6 Å². The number of halogens is 1. The fourth-order valence-electron chi connectivity index (χ4n) is 2.73. The molecular formula is C17H13ClN6O3. The SMILES string of the molecule is O=C(Nc1cccc(-c2nnnn2C2CC2)c1)c1cc(Cl)ccc1[N+](=O)[O-]. The molecule has 9 nitrogen and oxygen atoms in total. The number of carbonyl (C=O) groups is 1. The van der Waals surface area contributed by atoms with Crippen molar-refractivity contribution in [2.24, 2.45) is 0 Å². The molecule has 1 aliphatic rings. The highest BCUT2D eigenvalue weighted by Gasteiger charge is 2.28. The number of tetrazole rings is 1. The van der Waals surface area contributed by atoms with Gasteiger partial charge in [0.15, 0.2) is 5.82 Å². The molecule has 0 saturated heterocycles. The molecule has 1 heterocycles. The van der Waals surface area contributed by atoms with Crippen LogP contribution in [0.3, 0.4) is 0 Å². The number of nitrogens with zero attached hydrogens (tertiary/aromatic N) is 5. The summed E-state index contributed by atoms with van der Waals surface area (Å²) >= 11 is 5.89. The maximum atomic E-state index is 12.6. The van der Waals surface area contributed by atoms with Gasteiger partial charge >= 0.3 is 0 Å². The Hall–Kier alpha value is -3.33. The summed E-state index contributed by atoms with van der Waals surface area (Å²) < 4.78 is 1.77. The minimum Gasteiger partial charge on any atom is -0.322 e. The third kappa shape index (κ3) is 3.49. The smallest absolute Gasteiger partial charge is 0.282 e. The molecule has 0 atom stereocenters. The maximum absolute atomic E-state index is 12.6. The van der Waals surface area contributed by atoms with Crippen LogP contribution in [-0.2, 0) is 0 Å². The lowest BCUT2D eigenvalue weighted by atomic mass is 10.1. The van der Waals surface area contributed by atoms with Crippen LogP contribution in [0.4, 0.5) is 11.4 Å². The monoisotopic (exact) mass is 384 g/mol. The number of nitrogens with one attached hydrogen (secondary N) is 1. The van der Waals surface area contributed by atoms with Gasteiger partial charge in [0.1, 0.15) is 5.56 Å². The first kappa shape index (κ1) is 17.1. The normalized spacial score (nSPS) is 13.4. The van der Waals surface area contributed by atoms with Crippen molar-refractivity contribution in [3.05, 3.63) is 63.2 Å². The van der Waals surface area contributed by atoms with Gasteiger partial charge < -0.3 is 5.32 Å². The number of aromatic nitrogens is 4. The molecule has 1 saturated carbocycles. The third-order valence-corrected chi connectivity index (χ3v) is 4.40. The van der Waals surface area contributed by atoms with Gasteiger partial charge in [-0.2, -0.15) is 0 Å². The third-order valence-electron chi connectivity index (χ3n) is 4.16. The highest BCUT2D eigenvalue weighted by Crippen LogP contribution is 2.36. The van der Waals surface area contributed by atoms with Gasteiger partial charge in [-0.05, 0) is 47.5 Å². The van der Waals surface area contributed by atoms with Crippen LogP contribution >= 0.6 is 11.6 Å². The molecule has 4 rings (SSSR count). The zero-order valence-corrected chi connectivity index (χ0v) is 14.6. The number of carbonyl (C=O) groups excluding carboxylic acids is 1. The molecule has 0 spiro atoms. The predicted molar refractivity (Wildman–Crippen MR) is 97.6 cm³/mol. The van der Waals surface area contributed by atoms with Crippen molar-refractivity contribution in [1.29, 1.82) is 0 Å². The second-order valence-corrected chi connectivity index (χ2v) is 6.57. The zero-order chi connectivity index (χ0) is 19.0. The number of anilines is 1. The molecule has 1 aromatic heterocycles. The average molecular weight is 385 g/mol. The van der Waals surface area contributed by atoms with Crippen molar-refractivity contribution in [1.82, 2.24) is 20.2 Å². The minimum atomic E-state index is -0.622. The summed E-state index contributed by atoms with van der Waals surface area (Å²) in [6, 6.07) is 11.1. The number of nitro groups is 1. The maximum Gasteiger partial charge on any atom is 0.282 e. The van der Waals surface area contributed by atoms with Crippen LogP contribution in [0.15, 0.2) is 42.5 Å². The first-order valence-corrected chi connectivity index (χ1v) is 8.54. The number of amides is 1. The van der Waals surface area contributed by atoms with E-state index in [4.69, 9.17) is 11.6 Å². The number of benzene rings is 2. The molecular weight excluding hydrogens is 372 g/mol. The summed E-state index contributed by atoms with van der Waals surface area (Å²) in [4.78, 5) is 23.1. The predicted octanol–water partition coefficient (Wildman–Crippen LogP) is 3.49. The molecule has 0 aliphatic heterocycles. The Morgan fingerprint density at radius 3 is 2.81 bits per heavy atom. The van der Waals surface area contributed by atoms with Crippen LogP contribution in [0, 0.1) is 10.1 Å². The van der Waals surface area contributed by atoms with Crippen LogP contribution in [0.1, 0.15) is 29.2 Å². The topological polar surface area (TPSA) is 116 Å². The van der Waals surface area contributed by atoms with Crippen LogP contribution in [0.2, 0.25) is 5.02 Å². The minimum absolute atomic E-state index is 0.110. The van der Waals surface area contributed by atoms with Crippen molar-refractivity contribution >= 4 is 28.9 Å². The largest absolute Gasteiger partial charge is 0.322 e. The van der Waals surface area contributed by atoms with Crippen molar-refractivity contribution in [3.63, 3.8) is 0 Å². The molecule has 0 unspecified atom stereocenters. The lowest BCUT2D eigenvalue weighted by molar-refractivity contribution is -0.385. The second-order valence-electron chi connectivity index (χ2n) is 6.13. The molecule has 1 aliphatic carbocycles. The molecule has 2 aromatic carbocycles. The summed E-state index contributed by atoms with van der Waals surface area (Å²) in [7, 11) is 0. The quantitative estimate of drug-likeness (QED) is 0.531. The Labute approximate surface area is 158 Å².